The molecule has 2 fully saturated rings. The minimum absolute atomic E-state index is 0.194. The molecule has 1 aliphatic carbocycles. The standard InChI is InChI=1S/C25H29N3O3/c1-30-23-8-2-3-9-24(23)31-25-14-20-17-27(16-19(20)13-22(25)29)15-18-6-4-7-21(12-18)28-11-5-10-26-28/h2-12,19-20,22,25,29H,13-17H2,1H3/t19-,20+,22+,25+/m0/s1. The van der Waals surface area contributed by atoms with Crippen molar-refractivity contribution < 1.29 is 14.6 Å². The fourth-order valence-corrected chi connectivity index (χ4v) is 5.10. The molecule has 31 heavy (non-hydrogen) atoms. The van der Waals surface area contributed by atoms with Gasteiger partial charge in [0.1, 0.15) is 6.10 Å². The Kier molecular flexibility index (Phi) is 5.66. The van der Waals surface area contributed by atoms with E-state index in [1.807, 2.05) is 41.2 Å². The van der Waals surface area contributed by atoms with Gasteiger partial charge in [0.15, 0.2) is 11.5 Å². The van der Waals surface area contributed by atoms with Crippen LogP contribution in [0.25, 0.3) is 5.69 Å². The number of nitrogens with zero attached hydrogens (tertiary/aromatic N) is 3. The molecule has 162 valence electrons. The molecule has 5 rings (SSSR count). The summed E-state index contributed by atoms with van der Waals surface area (Å²) in [5, 5.41) is 15.1. The van der Waals surface area contributed by atoms with E-state index >= 15 is 0 Å². The molecule has 1 saturated heterocycles. The molecule has 1 saturated carbocycles. The van der Waals surface area contributed by atoms with Crippen LogP contribution in [0.2, 0.25) is 0 Å². The Balaban J connectivity index is 1.23. The van der Waals surface area contributed by atoms with Crippen LogP contribution in [0.15, 0.2) is 67.0 Å². The zero-order chi connectivity index (χ0) is 21.2. The van der Waals surface area contributed by atoms with Crippen molar-refractivity contribution in [3.63, 3.8) is 0 Å². The van der Waals surface area contributed by atoms with Crippen LogP contribution in [0.5, 0.6) is 11.5 Å². The lowest BCUT2D eigenvalue weighted by Gasteiger charge is -2.35. The Hall–Kier alpha value is -2.83. The third-order valence-corrected chi connectivity index (χ3v) is 6.59. The molecule has 0 amide bonds. The monoisotopic (exact) mass is 419 g/mol. The highest BCUT2D eigenvalue weighted by Crippen LogP contribution is 2.39. The maximum atomic E-state index is 10.8. The van der Waals surface area contributed by atoms with E-state index in [2.05, 4.69) is 34.3 Å². The van der Waals surface area contributed by atoms with E-state index in [4.69, 9.17) is 9.47 Å². The van der Waals surface area contributed by atoms with E-state index in [0.29, 0.717) is 23.3 Å². The predicted molar refractivity (Wildman–Crippen MR) is 118 cm³/mol. The molecular weight excluding hydrogens is 390 g/mol. The number of methoxy groups -OCH3 is 1. The summed E-state index contributed by atoms with van der Waals surface area (Å²) in [6.45, 7) is 2.97. The van der Waals surface area contributed by atoms with Crippen molar-refractivity contribution in [2.24, 2.45) is 11.8 Å². The summed E-state index contributed by atoms with van der Waals surface area (Å²) in [4.78, 5) is 2.51. The summed E-state index contributed by atoms with van der Waals surface area (Å²) in [5.41, 5.74) is 2.37. The second-order valence-electron chi connectivity index (χ2n) is 8.68. The fourth-order valence-electron chi connectivity index (χ4n) is 5.10. The highest BCUT2D eigenvalue weighted by atomic mass is 16.5. The van der Waals surface area contributed by atoms with Crippen LogP contribution < -0.4 is 9.47 Å². The van der Waals surface area contributed by atoms with Gasteiger partial charge in [0.25, 0.3) is 0 Å². The van der Waals surface area contributed by atoms with E-state index in [1.54, 1.807) is 13.3 Å². The first-order chi connectivity index (χ1) is 15.2. The SMILES string of the molecule is COc1ccccc1O[C@@H]1C[C@@H]2CN(Cc3cccc(-n4cccn4)c3)C[C@@H]2C[C@H]1O. The van der Waals surface area contributed by atoms with Gasteiger partial charge in [-0.3, -0.25) is 4.90 Å². The van der Waals surface area contributed by atoms with Gasteiger partial charge in [0.2, 0.25) is 0 Å². The number of aromatic nitrogens is 2. The second kappa shape index (κ2) is 8.73. The van der Waals surface area contributed by atoms with Crippen LogP contribution in [-0.4, -0.2) is 52.2 Å². The van der Waals surface area contributed by atoms with Crippen molar-refractivity contribution in [1.29, 1.82) is 0 Å². The van der Waals surface area contributed by atoms with Gasteiger partial charge in [0, 0.05) is 32.0 Å². The van der Waals surface area contributed by atoms with Gasteiger partial charge < -0.3 is 14.6 Å². The van der Waals surface area contributed by atoms with Gasteiger partial charge >= 0.3 is 0 Å². The Morgan fingerprint density at radius 1 is 1.00 bits per heavy atom. The Bertz CT molecular complexity index is 1010. The fraction of sp³-hybridized carbons (Fsp3) is 0.400. The zero-order valence-corrected chi connectivity index (χ0v) is 17.8. The second-order valence-corrected chi connectivity index (χ2v) is 8.68. The summed E-state index contributed by atoms with van der Waals surface area (Å²) >= 11 is 0. The smallest absolute Gasteiger partial charge is 0.161 e. The third kappa shape index (κ3) is 4.31. The number of ether oxygens (including phenoxy) is 2. The first kappa shape index (κ1) is 20.1. The minimum atomic E-state index is -0.450. The molecule has 6 nitrogen and oxygen atoms in total. The largest absolute Gasteiger partial charge is 0.493 e. The predicted octanol–water partition coefficient (Wildman–Crippen LogP) is 3.53. The maximum Gasteiger partial charge on any atom is 0.161 e. The van der Waals surface area contributed by atoms with Gasteiger partial charge in [-0.1, -0.05) is 24.3 Å². The zero-order valence-electron chi connectivity index (χ0n) is 17.8. The molecule has 3 aromatic rings. The molecule has 0 spiro atoms. The topological polar surface area (TPSA) is 59.8 Å². The van der Waals surface area contributed by atoms with Crippen LogP contribution in [0.3, 0.4) is 0 Å². The van der Waals surface area contributed by atoms with Crippen LogP contribution in [0.1, 0.15) is 18.4 Å². The van der Waals surface area contributed by atoms with Gasteiger partial charge in [0.05, 0.1) is 18.9 Å². The molecule has 2 aliphatic rings. The Morgan fingerprint density at radius 3 is 2.58 bits per heavy atom. The summed E-state index contributed by atoms with van der Waals surface area (Å²) in [6.07, 6.45) is 4.77. The van der Waals surface area contributed by atoms with E-state index in [9.17, 15) is 5.11 Å². The number of hydrogen-bond acceptors (Lipinski definition) is 5. The summed E-state index contributed by atoms with van der Waals surface area (Å²) in [5.74, 6) is 2.47. The van der Waals surface area contributed by atoms with Crippen LogP contribution >= 0.6 is 0 Å². The molecule has 1 aliphatic heterocycles. The first-order valence-corrected chi connectivity index (χ1v) is 11.0. The van der Waals surface area contributed by atoms with E-state index in [0.717, 1.165) is 38.2 Å². The molecule has 0 bridgehead atoms. The molecule has 2 heterocycles. The third-order valence-electron chi connectivity index (χ3n) is 6.59. The molecular formula is C25H29N3O3. The number of benzene rings is 2. The average molecular weight is 420 g/mol. The lowest BCUT2D eigenvalue weighted by atomic mass is 9.78. The molecule has 4 atom stereocenters. The summed E-state index contributed by atoms with van der Waals surface area (Å²) in [7, 11) is 1.64. The first-order valence-electron chi connectivity index (χ1n) is 11.0. The van der Waals surface area contributed by atoms with Crippen molar-refractivity contribution in [3.8, 4) is 17.2 Å². The van der Waals surface area contributed by atoms with E-state index in [1.165, 1.54) is 5.56 Å². The quantitative estimate of drug-likeness (QED) is 0.662. The number of aliphatic hydroxyl groups excluding tert-OH is 1. The van der Waals surface area contributed by atoms with Gasteiger partial charge in [-0.15, -0.1) is 0 Å². The van der Waals surface area contributed by atoms with Crippen LogP contribution in [-0.2, 0) is 6.54 Å². The molecule has 1 aromatic heterocycles. The maximum absolute atomic E-state index is 10.8. The van der Waals surface area contributed by atoms with Crippen molar-refractivity contribution in [2.75, 3.05) is 20.2 Å². The van der Waals surface area contributed by atoms with Crippen LogP contribution in [0.4, 0.5) is 0 Å². The van der Waals surface area contributed by atoms with Crippen molar-refractivity contribution in [1.82, 2.24) is 14.7 Å². The number of likely N-dealkylation sites (tertiary alicyclic amines) is 1. The average Bonchev–Trinajstić information content (AvgIpc) is 3.44. The lowest BCUT2D eigenvalue weighted by molar-refractivity contribution is -0.0240. The summed E-state index contributed by atoms with van der Waals surface area (Å²) < 4.78 is 13.5. The Morgan fingerprint density at radius 2 is 1.81 bits per heavy atom. The number of fused-ring (bicyclic) bond motifs is 1. The van der Waals surface area contributed by atoms with Crippen molar-refractivity contribution in [3.05, 3.63) is 72.6 Å². The lowest BCUT2D eigenvalue weighted by Crippen LogP contribution is -2.42. The molecule has 2 aromatic carbocycles. The van der Waals surface area contributed by atoms with Crippen molar-refractivity contribution in [2.45, 2.75) is 31.6 Å². The number of hydrogen-bond donors (Lipinski definition) is 1. The number of para-hydroxylation sites is 2. The molecule has 6 heteroatoms. The van der Waals surface area contributed by atoms with Crippen LogP contribution in [0, 0.1) is 11.8 Å². The van der Waals surface area contributed by atoms with E-state index < -0.39 is 6.10 Å². The van der Waals surface area contributed by atoms with Gasteiger partial charge in [-0.05, 0) is 60.6 Å². The molecule has 0 unspecified atom stereocenters. The highest BCUT2D eigenvalue weighted by Gasteiger charge is 2.42. The molecule has 0 radical (unpaired) electrons. The van der Waals surface area contributed by atoms with Crippen molar-refractivity contribution >= 4 is 0 Å². The minimum Gasteiger partial charge on any atom is -0.493 e. The normalized spacial score (nSPS) is 25.9. The Labute approximate surface area is 183 Å². The summed E-state index contributed by atoms with van der Waals surface area (Å²) in [6, 6.07) is 18.2. The number of rotatable bonds is 6. The van der Waals surface area contributed by atoms with E-state index in [-0.39, 0.29) is 6.10 Å². The molecule has 1 N–H and O–H groups in total. The number of aliphatic hydroxyl groups is 1. The highest BCUT2D eigenvalue weighted by molar-refractivity contribution is 5.39. The van der Waals surface area contributed by atoms with Gasteiger partial charge in [-0.2, -0.15) is 5.10 Å². The van der Waals surface area contributed by atoms with Gasteiger partial charge in [-0.25, -0.2) is 4.68 Å².